The molecule has 0 heterocycles. The molecule has 0 bridgehead atoms. The molecule has 0 aromatic rings. The summed E-state index contributed by atoms with van der Waals surface area (Å²) in [7, 11) is 0. The molecule has 0 aromatic heterocycles. The molecular formula is C10H14O2. The Hall–Kier alpha value is -0.960. The number of hydrogen-bond donors (Lipinski definition) is 2. The first kappa shape index (κ1) is 11.0. The molecule has 2 nitrogen and oxygen atoms in total. The quantitative estimate of drug-likeness (QED) is 0.575. The zero-order valence-electron chi connectivity index (χ0n) is 7.03. The first-order chi connectivity index (χ1) is 5.79. The maximum Gasteiger partial charge on any atom is 0.0472 e. The van der Waals surface area contributed by atoms with Gasteiger partial charge in [-0.3, -0.25) is 0 Å². The zero-order valence-corrected chi connectivity index (χ0v) is 7.03. The monoisotopic (exact) mass is 166 g/mol. The predicted octanol–water partition coefficient (Wildman–Crippen LogP) is 0.250. The lowest BCUT2D eigenvalue weighted by Gasteiger charge is -2.19. The second-order valence-corrected chi connectivity index (χ2v) is 2.70. The molecule has 2 atom stereocenters. The molecule has 0 saturated carbocycles. The summed E-state index contributed by atoms with van der Waals surface area (Å²) in [5, 5.41) is 17.8. The van der Waals surface area contributed by atoms with Crippen molar-refractivity contribution in [1.29, 1.82) is 0 Å². The summed E-state index contributed by atoms with van der Waals surface area (Å²) >= 11 is 0. The van der Waals surface area contributed by atoms with E-state index in [1.165, 1.54) is 0 Å². The van der Waals surface area contributed by atoms with E-state index in [1.54, 1.807) is 0 Å². The Kier molecular flexibility index (Phi) is 6.19. The van der Waals surface area contributed by atoms with Gasteiger partial charge in [0.15, 0.2) is 0 Å². The Bertz CT molecular complexity index is 163. The van der Waals surface area contributed by atoms with E-state index in [2.05, 4.69) is 11.8 Å². The van der Waals surface area contributed by atoms with E-state index >= 15 is 0 Å². The highest BCUT2D eigenvalue weighted by atomic mass is 16.3. The first-order valence-electron chi connectivity index (χ1n) is 3.88. The Morgan fingerprint density at radius 1 is 0.917 bits per heavy atom. The number of rotatable bonds is 5. The highest BCUT2D eigenvalue weighted by Gasteiger charge is 2.17. The minimum absolute atomic E-state index is 0.0168. The summed E-state index contributed by atoms with van der Waals surface area (Å²) < 4.78 is 0. The molecule has 0 unspecified atom stereocenters. The number of hydrogen-bond acceptors (Lipinski definition) is 2. The maximum atomic E-state index is 8.91. The van der Waals surface area contributed by atoms with Crippen LogP contribution in [-0.2, 0) is 0 Å². The van der Waals surface area contributed by atoms with E-state index in [9.17, 15) is 0 Å². The first-order valence-corrected chi connectivity index (χ1v) is 3.88. The molecule has 0 rings (SSSR count). The lowest BCUT2D eigenvalue weighted by atomic mass is 9.89. The predicted molar refractivity (Wildman–Crippen MR) is 48.1 cm³/mol. The summed E-state index contributed by atoms with van der Waals surface area (Å²) in [6.07, 6.45) is 11.1. The van der Waals surface area contributed by atoms with E-state index in [-0.39, 0.29) is 25.0 Å². The molecule has 0 fully saturated rings. The van der Waals surface area contributed by atoms with Gasteiger partial charge < -0.3 is 10.2 Å². The fourth-order valence-electron chi connectivity index (χ4n) is 1.06. The highest BCUT2D eigenvalue weighted by Crippen LogP contribution is 2.17. The van der Waals surface area contributed by atoms with E-state index < -0.39 is 0 Å². The second-order valence-electron chi connectivity index (χ2n) is 2.70. The molecular weight excluding hydrogens is 152 g/mol. The molecule has 0 radical (unpaired) electrons. The van der Waals surface area contributed by atoms with Gasteiger partial charge in [-0.2, -0.15) is 0 Å². The largest absolute Gasteiger partial charge is 0.396 e. The van der Waals surface area contributed by atoms with Gasteiger partial charge in [-0.15, -0.1) is 24.7 Å². The molecule has 12 heavy (non-hydrogen) atoms. The molecule has 2 heteroatoms. The number of aliphatic hydroxyl groups excluding tert-OH is 2. The fraction of sp³-hybridized carbons (Fsp3) is 0.600. The third-order valence-electron chi connectivity index (χ3n) is 1.90. The molecule has 0 aliphatic rings. The lowest BCUT2D eigenvalue weighted by Crippen LogP contribution is -2.21. The summed E-state index contributed by atoms with van der Waals surface area (Å²) in [6, 6.07) is 0. The van der Waals surface area contributed by atoms with Crippen molar-refractivity contribution in [2.75, 3.05) is 13.2 Å². The Labute approximate surface area is 73.6 Å². The molecule has 0 aliphatic carbocycles. The molecule has 0 aromatic carbocycles. The van der Waals surface area contributed by atoms with Crippen LogP contribution in [0.15, 0.2) is 0 Å². The minimum atomic E-state index is -0.0731. The van der Waals surface area contributed by atoms with Crippen molar-refractivity contribution in [3.05, 3.63) is 0 Å². The van der Waals surface area contributed by atoms with E-state index in [0.717, 1.165) is 0 Å². The van der Waals surface area contributed by atoms with Crippen LogP contribution >= 0.6 is 0 Å². The molecule has 2 N–H and O–H groups in total. The zero-order chi connectivity index (χ0) is 9.40. The molecule has 0 aliphatic heterocycles. The topological polar surface area (TPSA) is 40.5 Å². The van der Waals surface area contributed by atoms with Gasteiger partial charge in [0, 0.05) is 26.1 Å². The SMILES string of the molecule is C#CC[C@@H](CO)[C@@H](CO)CC#C. The van der Waals surface area contributed by atoms with Crippen LogP contribution in [0.1, 0.15) is 12.8 Å². The molecule has 66 valence electrons. The third-order valence-corrected chi connectivity index (χ3v) is 1.90. The maximum absolute atomic E-state index is 8.91. The smallest absolute Gasteiger partial charge is 0.0472 e. The molecule has 0 spiro atoms. The van der Waals surface area contributed by atoms with Gasteiger partial charge >= 0.3 is 0 Å². The van der Waals surface area contributed by atoms with Crippen LogP contribution in [-0.4, -0.2) is 23.4 Å². The van der Waals surface area contributed by atoms with Crippen molar-refractivity contribution in [2.24, 2.45) is 11.8 Å². The van der Waals surface area contributed by atoms with Crippen molar-refractivity contribution in [2.45, 2.75) is 12.8 Å². The van der Waals surface area contributed by atoms with Crippen molar-refractivity contribution >= 4 is 0 Å². The molecule has 0 amide bonds. The summed E-state index contributed by atoms with van der Waals surface area (Å²) in [6.45, 7) is -0.0335. The van der Waals surface area contributed by atoms with E-state index in [0.29, 0.717) is 12.8 Å². The molecule has 0 saturated heterocycles. The van der Waals surface area contributed by atoms with Gasteiger partial charge in [0.1, 0.15) is 0 Å². The van der Waals surface area contributed by atoms with Crippen LogP contribution < -0.4 is 0 Å². The van der Waals surface area contributed by atoms with Crippen molar-refractivity contribution in [3.8, 4) is 24.7 Å². The Balaban J connectivity index is 4.06. The van der Waals surface area contributed by atoms with Gasteiger partial charge in [0.05, 0.1) is 0 Å². The van der Waals surface area contributed by atoms with Crippen LogP contribution in [0.3, 0.4) is 0 Å². The minimum Gasteiger partial charge on any atom is -0.396 e. The lowest BCUT2D eigenvalue weighted by molar-refractivity contribution is 0.125. The van der Waals surface area contributed by atoms with Gasteiger partial charge in [0.25, 0.3) is 0 Å². The van der Waals surface area contributed by atoms with Crippen LogP contribution in [0.5, 0.6) is 0 Å². The van der Waals surface area contributed by atoms with Crippen molar-refractivity contribution in [3.63, 3.8) is 0 Å². The van der Waals surface area contributed by atoms with Crippen LogP contribution in [0.4, 0.5) is 0 Å². The Morgan fingerprint density at radius 2 is 1.25 bits per heavy atom. The highest BCUT2D eigenvalue weighted by molar-refractivity contribution is 4.93. The van der Waals surface area contributed by atoms with Gasteiger partial charge in [-0.1, -0.05) is 0 Å². The third kappa shape index (κ3) is 3.44. The standard InChI is InChI=1S/C10H14O2/c1-3-5-9(7-11)10(8-12)6-4-2/h1-2,9-12H,5-8H2/t9-,10+. The summed E-state index contributed by atoms with van der Waals surface area (Å²) in [5.41, 5.74) is 0. The van der Waals surface area contributed by atoms with Crippen LogP contribution in [0, 0.1) is 36.5 Å². The van der Waals surface area contributed by atoms with E-state index in [1.807, 2.05) is 0 Å². The normalized spacial score (nSPS) is 14.3. The van der Waals surface area contributed by atoms with Gasteiger partial charge in [-0.05, 0) is 11.8 Å². The van der Waals surface area contributed by atoms with E-state index in [4.69, 9.17) is 23.1 Å². The summed E-state index contributed by atoms with van der Waals surface area (Å²) in [4.78, 5) is 0. The Morgan fingerprint density at radius 3 is 1.42 bits per heavy atom. The fourth-order valence-corrected chi connectivity index (χ4v) is 1.06. The number of aliphatic hydroxyl groups is 2. The van der Waals surface area contributed by atoms with Crippen LogP contribution in [0.2, 0.25) is 0 Å². The summed E-state index contributed by atoms with van der Waals surface area (Å²) in [5.74, 6) is 4.76. The van der Waals surface area contributed by atoms with Gasteiger partial charge in [0.2, 0.25) is 0 Å². The average molecular weight is 166 g/mol. The number of terminal acetylenes is 2. The van der Waals surface area contributed by atoms with Gasteiger partial charge in [-0.25, -0.2) is 0 Å². The van der Waals surface area contributed by atoms with Crippen molar-refractivity contribution in [1.82, 2.24) is 0 Å². The average Bonchev–Trinajstić information content (AvgIpc) is 2.11. The van der Waals surface area contributed by atoms with Crippen LogP contribution in [0.25, 0.3) is 0 Å². The van der Waals surface area contributed by atoms with Crippen molar-refractivity contribution < 1.29 is 10.2 Å². The second kappa shape index (κ2) is 6.73.